The van der Waals surface area contributed by atoms with E-state index in [9.17, 15) is 2.87 Å². The van der Waals surface area contributed by atoms with Gasteiger partial charge in [0.25, 0.3) is 0 Å². The van der Waals surface area contributed by atoms with Gasteiger partial charge in [0.15, 0.2) is 0 Å². The zero-order valence-corrected chi connectivity index (χ0v) is 8.58. The molecule has 0 aliphatic heterocycles. The third kappa shape index (κ3) is 3.86. The van der Waals surface area contributed by atoms with Crippen molar-refractivity contribution in [3.05, 3.63) is 0 Å². The molecule has 4 heteroatoms. The van der Waals surface area contributed by atoms with Crippen LogP contribution in [0.2, 0.25) is 3.93 Å². The van der Waals surface area contributed by atoms with E-state index in [4.69, 9.17) is 17.8 Å². The molecule has 0 aliphatic carbocycles. The van der Waals surface area contributed by atoms with Crippen LogP contribution in [0.5, 0.6) is 0 Å². The van der Waals surface area contributed by atoms with Crippen molar-refractivity contribution in [2.45, 2.75) is 17.8 Å². The fraction of sp³-hybridized carbons (Fsp3) is 1.00. The van der Waals surface area contributed by atoms with Crippen LogP contribution >= 0.6 is 17.8 Å². The molecule has 44 valence electrons. The van der Waals surface area contributed by atoms with E-state index in [1.165, 1.54) is 0 Å². The van der Waals surface area contributed by atoms with Crippen molar-refractivity contribution in [2.75, 3.05) is 0 Å². The average Bonchev–Trinajstić information content (AvgIpc) is 1.31. The van der Waals surface area contributed by atoms with Gasteiger partial charge in [0, 0.05) is 0 Å². The van der Waals surface area contributed by atoms with Crippen molar-refractivity contribution in [1.29, 1.82) is 0 Å². The standard InChI is InChI=1S/C3H7.2ClH.FH.Sn/c1-3-2;;;;/h3H,1-2H3;3*1H;/q;;;;+3/p-3. The van der Waals surface area contributed by atoms with E-state index in [0.29, 0.717) is 0 Å². The molecule has 0 spiro atoms. The van der Waals surface area contributed by atoms with Gasteiger partial charge < -0.3 is 0 Å². The van der Waals surface area contributed by atoms with Crippen LogP contribution in [0, 0.1) is 0 Å². The Labute approximate surface area is 55.1 Å². The molecule has 0 aromatic heterocycles. The predicted octanol–water partition coefficient (Wildman–Crippen LogP) is 2.78. The van der Waals surface area contributed by atoms with Gasteiger partial charge in [0.05, 0.1) is 0 Å². The van der Waals surface area contributed by atoms with Crippen molar-refractivity contribution in [3.8, 4) is 0 Å². The van der Waals surface area contributed by atoms with E-state index in [1.807, 2.05) is 0 Å². The second-order valence-corrected chi connectivity index (χ2v) is 16.8. The van der Waals surface area contributed by atoms with Crippen molar-refractivity contribution in [2.24, 2.45) is 0 Å². The van der Waals surface area contributed by atoms with E-state index in [-0.39, 0.29) is 3.93 Å². The monoisotopic (exact) mass is 252 g/mol. The molecule has 0 radical (unpaired) electrons. The molecule has 0 unspecified atom stereocenters. The summed E-state index contributed by atoms with van der Waals surface area (Å²) in [5.74, 6) is 0. The van der Waals surface area contributed by atoms with Gasteiger partial charge in [-0.3, -0.25) is 0 Å². The maximum absolute atomic E-state index is 12.3. The van der Waals surface area contributed by atoms with Gasteiger partial charge in [-0.1, -0.05) is 0 Å². The van der Waals surface area contributed by atoms with Crippen LogP contribution in [0.3, 0.4) is 0 Å². The Morgan fingerprint density at radius 3 is 1.57 bits per heavy atom. The van der Waals surface area contributed by atoms with Crippen LogP contribution in [0.4, 0.5) is 2.87 Å². The molecule has 0 fully saturated rings. The van der Waals surface area contributed by atoms with E-state index in [0.717, 1.165) is 0 Å². The molecular formula is C3H7Cl2FSn. The third-order valence-corrected chi connectivity index (χ3v) is 10.2. The van der Waals surface area contributed by atoms with Crippen molar-refractivity contribution < 1.29 is 2.87 Å². The summed E-state index contributed by atoms with van der Waals surface area (Å²) in [7, 11) is 10.4. The maximum atomic E-state index is 12.3. The molecule has 0 bridgehead atoms. The molecule has 0 saturated carbocycles. The summed E-state index contributed by atoms with van der Waals surface area (Å²) in [6.45, 7) is 3.41. The molecule has 0 aliphatic rings. The second kappa shape index (κ2) is 2.74. The molecule has 0 nitrogen and oxygen atoms in total. The molecule has 0 N–H and O–H groups in total. The fourth-order valence-corrected chi connectivity index (χ4v) is 0. The van der Waals surface area contributed by atoms with Gasteiger partial charge in [0.1, 0.15) is 0 Å². The zero-order chi connectivity index (χ0) is 6.08. The van der Waals surface area contributed by atoms with Crippen molar-refractivity contribution >= 4 is 34.5 Å². The summed E-state index contributed by atoms with van der Waals surface area (Å²) in [4.78, 5) is 0. The Bertz CT molecular complexity index is 58.4. The summed E-state index contributed by atoms with van der Waals surface area (Å²) >= 11 is -3.92. The van der Waals surface area contributed by atoms with Crippen LogP contribution in [0.25, 0.3) is 0 Å². The minimum atomic E-state index is -3.92. The summed E-state index contributed by atoms with van der Waals surface area (Å²) in [5.41, 5.74) is 0. The SMILES string of the molecule is C[CH](C)[Sn]([F])([Cl])[Cl]. The Morgan fingerprint density at radius 2 is 1.57 bits per heavy atom. The van der Waals surface area contributed by atoms with E-state index >= 15 is 0 Å². The normalized spacial score (nSPS) is 12.9. The molecule has 0 atom stereocenters. The van der Waals surface area contributed by atoms with E-state index in [1.54, 1.807) is 13.8 Å². The fourth-order valence-electron chi connectivity index (χ4n) is 0. The Kier molecular flexibility index (Phi) is 3.25. The van der Waals surface area contributed by atoms with Gasteiger partial charge >= 0.3 is 55.2 Å². The minimum absolute atomic E-state index is 0.127. The van der Waals surface area contributed by atoms with Crippen molar-refractivity contribution in [3.63, 3.8) is 0 Å². The zero-order valence-electron chi connectivity index (χ0n) is 4.21. The van der Waals surface area contributed by atoms with Gasteiger partial charge in [-0.15, -0.1) is 0 Å². The average molecular weight is 252 g/mol. The van der Waals surface area contributed by atoms with Crippen molar-refractivity contribution in [1.82, 2.24) is 0 Å². The summed E-state index contributed by atoms with van der Waals surface area (Å²) in [5, 5.41) is 0. The topological polar surface area (TPSA) is 0 Å². The summed E-state index contributed by atoms with van der Waals surface area (Å²) in [6, 6.07) is 0. The molecule has 7 heavy (non-hydrogen) atoms. The van der Waals surface area contributed by atoms with Crippen LogP contribution in [-0.2, 0) is 0 Å². The molecule has 0 rings (SSSR count). The molecule has 0 amide bonds. The van der Waals surface area contributed by atoms with Crippen LogP contribution in [-0.4, -0.2) is 16.7 Å². The molecule has 0 aromatic rings. The first-order valence-electron chi connectivity index (χ1n) is 2.01. The van der Waals surface area contributed by atoms with E-state index < -0.39 is 16.7 Å². The summed E-state index contributed by atoms with van der Waals surface area (Å²) < 4.78 is 12.1. The van der Waals surface area contributed by atoms with Gasteiger partial charge in [-0.2, -0.15) is 0 Å². The van der Waals surface area contributed by atoms with Crippen LogP contribution in [0.1, 0.15) is 13.8 Å². The first-order chi connectivity index (χ1) is 2.94. The Balaban J connectivity index is 3.54. The van der Waals surface area contributed by atoms with Gasteiger partial charge in [-0.25, -0.2) is 0 Å². The molecular weight excluding hydrogens is 245 g/mol. The van der Waals surface area contributed by atoms with Gasteiger partial charge in [0.2, 0.25) is 0 Å². The first-order valence-corrected chi connectivity index (χ1v) is 12.0. The Hall–Kier alpha value is 1.31. The number of halogens is 3. The first kappa shape index (κ1) is 8.31. The number of hydrogen-bond donors (Lipinski definition) is 0. The number of rotatable bonds is 1. The molecule has 0 heterocycles. The third-order valence-electron chi connectivity index (χ3n) is 0.655. The second-order valence-electron chi connectivity index (χ2n) is 1.70. The predicted molar refractivity (Wildman–Crippen MR) is 33.7 cm³/mol. The van der Waals surface area contributed by atoms with Crippen LogP contribution < -0.4 is 0 Å². The molecule has 0 aromatic carbocycles. The number of hydrogen-bond acceptors (Lipinski definition) is 0. The molecule has 0 saturated heterocycles. The van der Waals surface area contributed by atoms with Crippen LogP contribution in [0.15, 0.2) is 0 Å². The quantitative estimate of drug-likeness (QED) is 0.629. The van der Waals surface area contributed by atoms with E-state index in [2.05, 4.69) is 0 Å². The summed E-state index contributed by atoms with van der Waals surface area (Å²) in [6.07, 6.45) is 0. The Morgan fingerprint density at radius 1 is 1.43 bits per heavy atom. The van der Waals surface area contributed by atoms with Gasteiger partial charge in [-0.05, 0) is 0 Å².